The van der Waals surface area contributed by atoms with E-state index in [0.29, 0.717) is 5.56 Å². The normalized spacial score (nSPS) is 15.6. The van der Waals surface area contributed by atoms with Crippen molar-refractivity contribution in [2.75, 3.05) is 5.32 Å². The number of amidine groups is 1. The molecule has 0 aromatic heterocycles. The monoisotopic (exact) mass is 593 g/mol. The first-order valence-corrected chi connectivity index (χ1v) is 15.6. The summed E-state index contributed by atoms with van der Waals surface area (Å²) in [5.41, 5.74) is 11.2. The molecular formula is C42H31N3O. The molecule has 6 aromatic rings. The minimum absolute atomic E-state index is 0.138. The largest absolute Gasteiger partial charge is 0.456 e. The number of aliphatic imine (C=N–C) groups is 1. The van der Waals surface area contributed by atoms with Crippen LogP contribution in [0.15, 0.2) is 145 Å². The van der Waals surface area contributed by atoms with Crippen molar-refractivity contribution in [1.82, 2.24) is 0 Å². The summed E-state index contributed by atoms with van der Waals surface area (Å²) in [6.07, 6.45) is 0. The second-order valence-corrected chi connectivity index (χ2v) is 12.4. The van der Waals surface area contributed by atoms with Crippen LogP contribution in [0.3, 0.4) is 0 Å². The van der Waals surface area contributed by atoms with E-state index >= 15 is 0 Å². The fraction of sp³-hybridized carbons (Fsp3) is 0.0952. The Labute approximate surface area is 269 Å². The van der Waals surface area contributed by atoms with Crippen LogP contribution in [-0.4, -0.2) is 5.84 Å². The van der Waals surface area contributed by atoms with Gasteiger partial charge in [0.25, 0.3) is 0 Å². The van der Waals surface area contributed by atoms with E-state index in [2.05, 4.69) is 128 Å². The van der Waals surface area contributed by atoms with Crippen LogP contribution in [0.4, 0.5) is 5.69 Å². The Morgan fingerprint density at radius 2 is 1.37 bits per heavy atom. The summed E-state index contributed by atoms with van der Waals surface area (Å²) in [5, 5.41) is 13.1. The molecule has 0 saturated carbocycles. The number of benzene rings is 6. The van der Waals surface area contributed by atoms with Gasteiger partial charge in [-0.25, -0.2) is 0 Å². The van der Waals surface area contributed by atoms with Crippen LogP contribution in [0.25, 0.3) is 22.3 Å². The number of fused-ring (bicyclic) bond motifs is 3. The Morgan fingerprint density at radius 3 is 2.20 bits per heavy atom. The Hall–Kier alpha value is -5.92. The van der Waals surface area contributed by atoms with Gasteiger partial charge in [0.15, 0.2) is 0 Å². The summed E-state index contributed by atoms with van der Waals surface area (Å²) in [5.74, 6) is 2.57. The highest BCUT2D eigenvalue weighted by molar-refractivity contribution is 6.11. The Kier molecular flexibility index (Phi) is 6.55. The van der Waals surface area contributed by atoms with Gasteiger partial charge >= 0.3 is 0 Å². The standard InChI is InChI=1S/C42H31N3O/c1-42(2)35-15-7-9-18-38(35)46-40-33(14-10-16-36(40)42)31-23-30(28-21-19-27(26-43)20-22-28)24-32(25-31)41-44-37-17-8-6-13-34(37)39(45-41)29-11-4-3-5-12-29/h3-25,39H,1-2H3,(H,44,45). The maximum Gasteiger partial charge on any atom is 0.139 e. The van der Waals surface area contributed by atoms with Gasteiger partial charge in [-0.2, -0.15) is 5.26 Å². The summed E-state index contributed by atoms with van der Waals surface area (Å²) in [4.78, 5) is 5.33. The molecule has 2 heterocycles. The number of hydrogen-bond donors (Lipinski definition) is 1. The van der Waals surface area contributed by atoms with E-state index in [0.717, 1.165) is 67.5 Å². The first-order chi connectivity index (χ1) is 22.5. The summed E-state index contributed by atoms with van der Waals surface area (Å²) >= 11 is 0. The van der Waals surface area contributed by atoms with Gasteiger partial charge in [0.1, 0.15) is 23.4 Å². The minimum atomic E-state index is -0.227. The van der Waals surface area contributed by atoms with Crippen LogP contribution in [0.2, 0.25) is 0 Å². The molecule has 220 valence electrons. The van der Waals surface area contributed by atoms with Crippen LogP contribution in [-0.2, 0) is 5.41 Å². The lowest BCUT2D eigenvalue weighted by atomic mass is 9.75. The van der Waals surface area contributed by atoms with E-state index in [1.807, 2.05) is 36.4 Å². The molecule has 4 nitrogen and oxygen atoms in total. The number of ether oxygens (including phenoxy) is 1. The van der Waals surface area contributed by atoms with E-state index in [-0.39, 0.29) is 11.5 Å². The molecule has 46 heavy (non-hydrogen) atoms. The smallest absolute Gasteiger partial charge is 0.139 e. The van der Waals surface area contributed by atoms with Crippen LogP contribution >= 0.6 is 0 Å². The first-order valence-electron chi connectivity index (χ1n) is 15.6. The van der Waals surface area contributed by atoms with Gasteiger partial charge in [-0.3, -0.25) is 4.99 Å². The molecule has 0 spiro atoms. The topological polar surface area (TPSA) is 57.4 Å². The third-order valence-corrected chi connectivity index (χ3v) is 9.21. The maximum atomic E-state index is 9.44. The van der Waals surface area contributed by atoms with Crippen LogP contribution < -0.4 is 10.1 Å². The van der Waals surface area contributed by atoms with Gasteiger partial charge in [0, 0.05) is 38.9 Å². The fourth-order valence-corrected chi connectivity index (χ4v) is 6.76. The number of hydrogen-bond acceptors (Lipinski definition) is 4. The highest BCUT2D eigenvalue weighted by Gasteiger charge is 2.35. The predicted octanol–water partition coefficient (Wildman–Crippen LogP) is 10.3. The van der Waals surface area contributed by atoms with Gasteiger partial charge in [0.2, 0.25) is 0 Å². The molecule has 1 unspecified atom stereocenters. The molecule has 6 aromatic carbocycles. The van der Waals surface area contributed by atoms with Crippen molar-refractivity contribution >= 4 is 11.5 Å². The molecule has 1 atom stereocenters. The van der Waals surface area contributed by atoms with Gasteiger partial charge in [-0.05, 0) is 64.7 Å². The van der Waals surface area contributed by atoms with Crippen molar-refractivity contribution in [3.05, 3.63) is 173 Å². The summed E-state index contributed by atoms with van der Waals surface area (Å²) in [7, 11) is 0. The molecule has 2 aliphatic heterocycles. The number of rotatable bonds is 4. The molecule has 0 bridgehead atoms. The zero-order chi connectivity index (χ0) is 31.3. The number of para-hydroxylation sites is 3. The highest BCUT2D eigenvalue weighted by Crippen LogP contribution is 2.51. The molecule has 2 aliphatic rings. The molecular weight excluding hydrogens is 562 g/mol. The number of nitriles is 1. The third kappa shape index (κ3) is 4.65. The van der Waals surface area contributed by atoms with Gasteiger partial charge in [-0.15, -0.1) is 0 Å². The van der Waals surface area contributed by atoms with E-state index < -0.39 is 0 Å². The lowest BCUT2D eigenvalue weighted by Gasteiger charge is -2.35. The summed E-state index contributed by atoms with van der Waals surface area (Å²) in [6, 6.07) is 50.0. The SMILES string of the molecule is CC1(C)c2ccccc2Oc2c(-c3cc(C4=NC(c5ccccc5)c5ccccc5N4)cc(-c4ccc(C#N)cc4)c3)cccc21. The van der Waals surface area contributed by atoms with E-state index in [4.69, 9.17) is 9.73 Å². The van der Waals surface area contributed by atoms with Crippen LogP contribution in [0.5, 0.6) is 11.5 Å². The maximum absolute atomic E-state index is 9.44. The van der Waals surface area contributed by atoms with Gasteiger partial charge in [0.05, 0.1) is 11.6 Å². The van der Waals surface area contributed by atoms with E-state index in [9.17, 15) is 5.26 Å². The zero-order valence-corrected chi connectivity index (χ0v) is 25.7. The van der Waals surface area contributed by atoms with E-state index in [1.54, 1.807) is 0 Å². The molecule has 1 N–H and O–H groups in total. The molecule has 0 saturated heterocycles. The highest BCUT2D eigenvalue weighted by atomic mass is 16.5. The number of anilines is 1. The quantitative estimate of drug-likeness (QED) is 0.221. The van der Waals surface area contributed by atoms with Crippen molar-refractivity contribution in [2.24, 2.45) is 4.99 Å². The molecule has 8 rings (SSSR count). The van der Waals surface area contributed by atoms with Crippen LogP contribution in [0, 0.1) is 11.3 Å². The van der Waals surface area contributed by atoms with Crippen molar-refractivity contribution in [1.29, 1.82) is 5.26 Å². The van der Waals surface area contributed by atoms with Crippen molar-refractivity contribution in [2.45, 2.75) is 25.3 Å². The van der Waals surface area contributed by atoms with E-state index in [1.165, 1.54) is 5.56 Å². The van der Waals surface area contributed by atoms with Crippen molar-refractivity contribution in [3.8, 4) is 39.8 Å². The fourth-order valence-electron chi connectivity index (χ4n) is 6.76. The summed E-state index contributed by atoms with van der Waals surface area (Å²) < 4.78 is 6.70. The molecule has 0 fully saturated rings. The minimum Gasteiger partial charge on any atom is -0.456 e. The molecule has 0 amide bonds. The first kappa shape index (κ1) is 27.6. The van der Waals surface area contributed by atoms with Gasteiger partial charge < -0.3 is 10.1 Å². The number of nitrogens with zero attached hydrogens (tertiary/aromatic N) is 2. The van der Waals surface area contributed by atoms with Gasteiger partial charge in [-0.1, -0.05) is 111 Å². The predicted molar refractivity (Wildman–Crippen MR) is 186 cm³/mol. The van der Waals surface area contributed by atoms with Crippen LogP contribution in [0.1, 0.15) is 53.3 Å². The Morgan fingerprint density at radius 1 is 0.674 bits per heavy atom. The number of nitrogens with one attached hydrogen (secondary N) is 1. The second kappa shape index (κ2) is 10.9. The van der Waals surface area contributed by atoms with Crippen molar-refractivity contribution < 1.29 is 4.74 Å². The lowest BCUT2D eigenvalue weighted by Crippen LogP contribution is -2.24. The average Bonchev–Trinajstić information content (AvgIpc) is 3.11. The summed E-state index contributed by atoms with van der Waals surface area (Å²) in [6.45, 7) is 4.52. The zero-order valence-electron chi connectivity index (χ0n) is 25.7. The molecule has 0 aliphatic carbocycles. The Balaban J connectivity index is 1.33. The van der Waals surface area contributed by atoms with Crippen molar-refractivity contribution in [3.63, 3.8) is 0 Å². The third-order valence-electron chi connectivity index (χ3n) is 9.21. The second-order valence-electron chi connectivity index (χ2n) is 12.4. The molecule has 0 radical (unpaired) electrons. The Bertz CT molecular complexity index is 2190. The molecule has 4 heteroatoms. The lowest BCUT2D eigenvalue weighted by molar-refractivity contribution is 0.419. The average molecular weight is 594 g/mol.